The van der Waals surface area contributed by atoms with Gasteiger partial charge in [0.25, 0.3) is 0 Å². The van der Waals surface area contributed by atoms with Gasteiger partial charge in [-0.15, -0.1) is 0 Å². The Labute approximate surface area is 192 Å². The molecule has 0 bridgehead atoms. The minimum absolute atomic E-state index is 1.25. The average molecular weight is 415 g/mol. The van der Waals surface area contributed by atoms with Gasteiger partial charge >= 0.3 is 0 Å². The summed E-state index contributed by atoms with van der Waals surface area (Å²) in [6.07, 6.45) is 4.71. The fraction of sp³-hybridized carbons (Fsp3) is 0.125. The van der Waals surface area contributed by atoms with Crippen LogP contribution in [-0.4, -0.2) is 0 Å². The van der Waals surface area contributed by atoms with Crippen molar-refractivity contribution in [2.45, 2.75) is 27.7 Å². The molecule has 0 aliphatic heterocycles. The average Bonchev–Trinajstić information content (AvgIpc) is 2.80. The first-order valence-corrected chi connectivity index (χ1v) is 11.2. The van der Waals surface area contributed by atoms with Crippen LogP contribution < -0.4 is 0 Å². The van der Waals surface area contributed by atoms with Crippen LogP contribution in [0.3, 0.4) is 0 Å². The molecule has 0 heterocycles. The summed E-state index contributed by atoms with van der Waals surface area (Å²) < 4.78 is 0. The van der Waals surface area contributed by atoms with Gasteiger partial charge in [-0.1, -0.05) is 97.1 Å². The summed E-state index contributed by atoms with van der Waals surface area (Å²) in [6.45, 7) is 8.76. The second kappa shape index (κ2) is 9.66. The number of benzene rings is 4. The summed E-state index contributed by atoms with van der Waals surface area (Å²) >= 11 is 0. The predicted molar refractivity (Wildman–Crippen MR) is 140 cm³/mol. The molecule has 0 heteroatoms. The Kier molecular flexibility index (Phi) is 6.52. The highest BCUT2D eigenvalue weighted by molar-refractivity contribution is 6.16. The van der Waals surface area contributed by atoms with E-state index in [0.717, 1.165) is 0 Å². The predicted octanol–water partition coefficient (Wildman–Crippen LogP) is 8.70. The third-order valence-electron chi connectivity index (χ3n) is 6.14. The van der Waals surface area contributed by atoms with E-state index in [-0.39, 0.29) is 0 Å². The van der Waals surface area contributed by atoms with E-state index >= 15 is 0 Å². The van der Waals surface area contributed by atoms with Gasteiger partial charge in [0, 0.05) is 0 Å². The standard InChI is InChI=1S/C32H30/c1-23-13-5-9-17-27(23)21-31(29-19-11-7-15-25(29)3)32(30-20-12-8-16-26(30)4)22-28-18-10-6-14-24(28)2/h5-22H,1-4H3/b31-21+,32-22+. The highest BCUT2D eigenvalue weighted by Gasteiger charge is 2.15. The number of aryl methyl sites for hydroxylation is 4. The van der Waals surface area contributed by atoms with Crippen molar-refractivity contribution in [3.8, 4) is 0 Å². The van der Waals surface area contributed by atoms with Crippen molar-refractivity contribution in [2.24, 2.45) is 0 Å². The molecule has 0 saturated heterocycles. The second-order valence-corrected chi connectivity index (χ2v) is 8.46. The molecule has 4 aromatic rings. The van der Waals surface area contributed by atoms with E-state index in [0.29, 0.717) is 0 Å². The first-order valence-electron chi connectivity index (χ1n) is 11.2. The summed E-state index contributed by atoms with van der Waals surface area (Å²) in [5.41, 5.74) is 12.6. The van der Waals surface area contributed by atoms with E-state index < -0.39 is 0 Å². The number of hydrogen-bond donors (Lipinski definition) is 0. The van der Waals surface area contributed by atoms with Gasteiger partial charge in [0.2, 0.25) is 0 Å². The molecule has 0 spiro atoms. The molecule has 4 aromatic carbocycles. The van der Waals surface area contributed by atoms with Crippen molar-refractivity contribution in [2.75, 3.05) is 0 Å². The van der Waals surface area contributed by atoms with E-state index in [1.807, 2.05) is 0 Å². The van der Waals surface area contributed by atoms with Crippen molar-refractivity contribution in [1.82, 2.24) is 0 Å². The second-order valence-electron chi connectivity index (χ2n) is 8.46. The number of hydrogen-bond acceptors (Lipinski definition) is 0. The first kappa shape index (κ1) is 21.6. The maximum atomic E-state index is 2.36. The molecule has 0 N–H and O–H groups in total. The van der Waals surface area contributed by atoms with Gasteiger partial charge in [-0.25, -0.2) is 0 Å². The van der Waals surface area contributed by atoms with Crippen LogP contribution in [0.1, 0.15) is 44.5 Å². The molecule has 4 rings (SSSR count). The van der Waals surface area contributed by atoms with Gasteiger partial charge in [-0.2, -0.15) is 0 Å². The monoisotopic (exact) mass is 414 g/mol. The zero-order valence-electron chi connectivity index (χ0n) is 19.4. The van der Waals surface area contributed by atoms with Gasteiger partial charge in [-0.3, -0.25) is 0 Å². The number of allylic oxidation sites excluding steroid dienone is 2. The Morgan fingerprint density at radius 1 is 0.406 bits per heavy atom. The van der Waals surface area contributed by atoms with Crippen LogP contribution in [0.25, 0.3) is 23.3 Å². The topological polar surface area (TPSA) is 0 Å². The Bertz CT molecular complexity index is 1200. The lowest BCUT2D eigenvalue weighted by atomic mass is 9.85. The van der Waals surface area contributed by atoms with Crippen molar-refractivity contribution < 1.29 is 0 Å². The Hall–Kier alpha value is -3.64. The van der Waals surface area contributed by atoms with Crippen LogP contribution in [-0.2, 0) is 0 Å². The van der Waals surface area contributed by atoms with Gasteiger partial charge < -0.3 is 0 Å². The van der Waals surface area contributed by atoms with Crippen LogP contribution in [0, 0.1) is 27.7 Å². The molecular formula is C32H30. The smallest absolute Gasteiger partial charge is 0.00964 e. The fourth-order valence-corrected chi connectivity index (χ4v) is 4.16. The van der Waals surface area contributed by atoms with Crippen LogP contribution in [0.4, 0.5) is 0 Å². The van der Waals surface area contributed by atoms with E-state index in [2.05, 4.69) is 137 Å². The molecule has 0 aromatic heterocycles. The first-order chi connectivity index (χ1) is 15.5. The van der Waals surface area contributed by atoms with Crippen LogP contribution >= 0.6 is 0 Å². The number of rotatable bonds is 5. The maximum Gasteiger partial charge on any atom is -0.00964 e. The quantitative estimate of drug-likeness (QED) is 0.226. The molecule has 0 nitrogen and oxygen atoms in total. The largest absolute Gasteiger partial charge is 0.0620 e. The van der Waals surface area contributed by atoms with E-state index in [1.54, 1.807) is 0 Å². The molecular weight excluding hydrogens is 384 g/mol. The summed E-state index contributed by atoms with van der Waals surface area (Å²) in [7, 11) is 0. The third-order valence-corrected chi connectivity index (χ3v) is 6.14. The van der Waals surface area contributed by atoms with Crippen molar-refractivity contribution >= 4 is 23.3 Å². The molecule has 158 valence electrons. The SMILES string of the molecule is Cc1ccccc1/C=C(/C(=C/c1ccccc1C)c1ccccc1C)c1ccccc1C. The minimum Gasteiger partial charge on any atom is -0.0620 e. The van der Waals surface area contributed by atoms with E-state index in [1.165, 1.54) is 55.7 Å². The lowest BCUT2D eigenvalue weighted by Crippen LogP contribution is -1.97. The Morgan fingerprint density at radius 2 is 0.719 bits per heavy atom. The maximum absolute atomic E-state index is 2.36. The van der Waals surface area contributed by atoms with Crippen LogP contribution in [0.5, 0.6) is 0 Å². The lowest BCUT2D eigenvalue weighted by molar-refractivity contribution is 1.40. The molecule has 0 aliphatic carbocycles. The van der Waals surface area contributed by atoms with Crippen molar-refractivity contribution in [3.63, 3.8) is 0 Å². The van der Waals surface area contributed by atoms with Gasteiger partial charge in [0.15, 0.2) is 0 Å². The van der Waals surface area contributed by atoms with Crippen LogP contribution in [0.15, 0.2) is 97.1 Å². The van der Waals surface area contributed by atoms with Crippen LogP contribution in [0.2, 0.25) is 0 Å². The summed E-state index contributed by atoms with van der Waals surface area (Å²) in [5.74, 6) is 0. The van der Waals surface area contributed by atoms with Gasteiger partial charge in [0.05, 0.1) is 0 Å². The van der Waals surface area contributed by atoms with Gasteiger partial charge in [0.1, 0.15) is 0 Å². The van der Waals surface area contributed by atoms with E-state index in [9.17, 15) is 0 Å². The van der Waals surface area contributed by atoms with Crippen molar-refractivity contribution in [3.05, 3.63) is 142 Å². The molecule has 32 heavy (non-hydrogen) atoms. The van der Waals surface area contributed by atoms with Crippen molar-refractivity contribution in [1.29, 1.82) is 0 Å². The minimum atomic E-state index is 1.25. The molecule has 0 fully saturated rings. The zero-order valence-corrected chi connectivity index (χ0v) is 19.4. The zero-order chi connectivity index (χ0) is 22.5. The summed E-state index contributed by atoms with van der Waals surface area (Å²) in [6, 6.07) is 34.6. The summed E-state index contributed by atoms with van der Waals surface area (Å²) in [5, 5.41) is 0. The fourth-order valence-electron chi connectivity index (χ4n) is 4.16. The third kappa shape index (κ3) is 4.65. The molecule has 0 unspecified atom stereocenters. The molecule has 0 atom stereocenters. The Balaban J connectivity index is 2.06. The molecule has 0 radical (unpaired) electrons. The highest BCUT2D eigenvalue weighted by Crippen LogP contribution is 2.38. The normalized spacial score (nSPS) is 12.1. The summed E-state index contributed by atoms with van der Waals surface area (Å²) in [4.78, 5) is 0. The molecule has 0 aliphatic rings. The molecule has 0 amide bonds. The Morgan fingerprint density at radius 3 is 1.06 bits per heavy atom. The highest BCUT2D eigenvalue weighted by atomic mass is 14.2. The molecule has 0 saturated carbocycles. The van der Waals surface area contributed by atoms with Gasteiger partial charge in [-0.05, 0) is 95.5 Å². The van der Waals surface area contributed by atoms with E-state index in [4.69, 9.17) is 0 Å². The lowest BCUT2D eigenvalue weighted by Gasteiger charge is -2.19.